The van der Waals surface area contributed by atoms with Crippen LogP contribution in [0.5, 0.6) is 0 Å². The summed E-state index contributed by atoms with van der Waals surface area (Å²) < 4.78 is 2.56. The number of nitriles is 1. The maximum absolute atomic E-state index is 12.3. The van der Waals surface area contributed by atoms with E-state index in [2.05, 4.69) is 65.8 Å². The summed E-state index contributed by atoms with van der Waals surface area (Å²) >= 11 is 8.94. The fourth-order valence-electron chi connectivity index (χ4n) is 1.72. The molecule has 6 heteroatoms. The summed E-state index contributed by atoms with van der Waals surface area (Å²) in [5.74, 6) is -0.172. The Balaban J connectivity index is 2.20. The zero-order valence-electron chi connectivity index (χ0n) is 10.7. The highest BCUT2D eigenvalue weighted by molar-refractivity contribution is 14.1. The SMILES string of the molecule is N#CCc1ccc(NC(=O)c2cc(Br)cc(Br)c2I)cc1. The smallest absolute Gasteiger partial charge is 0.256 e. The molecule has 0 atom stereocenters. The number of nitrogens with one attached hydrogen (secondary N) is 1. The summed E-state index contributed by atoms with van der Waals surface area (Å²) in [5, 5.41) is 11.5. The van der Waals surface area contributed by atoms with Crippen molar-refractivity contribution >= 4 is 66.0 Å². The molecule has 0 aliphatic carbocycles. The molecule has 2 aromatic rings. The number of amides is 1. The van der Waals surface area contributed by atoms with Crippen LogP contribution in [-0.4, -0.2) is 5.91 Å². The maximum Gasteiger partial charge on any atom is 0.256 e. The molecular weight excluding hydrogens is 511 g/mol. The second-order valence-corrected chi connectivity index (χ2v) is 7.08. The molecule has 3 nitrogen and oxygen atoms in total. The second kappa shape index (κ2) is 7.38. The minimum atomic E-state index is -0.172. The number of nitrogens with zero attached hydrogens (tertiary/aromatic N) is 1. The number of carbonyl (C=O) groups excluding carboxylic acids is 1. The van der Waals surface area contributed by atoms with Crippen molar-refractivity contribution in [3.05, 3.63) is 60.0 Å². The monoisotopic (exact) mass is 518 g/mol. The van der Waals surface area contributed by atoms with E-state index in [0.717, 1.165) is 18.1 Å². The van der Waals surface area contributed by atoms with Crippen LogP contribution in [0.4, 0.5) is 5.69 Å². The third-order valence-electron chi connectivity index (χ3n) is 2.73. The van der Waals surface area contributed by atoms with Crippen molar-refractivity contribution in [1.29, 1.82) is 5.26 Å². The zero-order valence-corrected chi connectivity index (χ0v) is 16.0. The lowest BCUT2D eigenvalue weighted by Crippen LogP contribution is -2.13. The quantitative estimate of drug-likeness (QED) is 0.451. The molecule has 0 aromatic heterocycles. The molecule has 0 saturated carbocycles. The number of hydrogen-bond donors (Lipinski definition) is 1. The van der Waals surface area contributed by atoms with Gasteiger partial charge in [-0.05, 0) is 68.3 Å². The van der Waals surface area contributed by atoms with Gasteiger partial charge < -0.3 is 5.32 Å². The molecule has 0 bridgehead atoms. The molecule has 0 heterocycles. The molecule has 0 aliphatic heterocycles. The largest absolute Gasteiger partial charge is 0.322 e. The Hall–Kier alpha value is -0.910. The molecule has 1 amide bonds. The minimum Gasteiger partial charge on any atom is -0.322 e. The van der Waals surface area contributed by atoms with E-state index in [4.69, 9.17) is 5.26 Å². The van der Waals surface area contributed by atoms with Crippen LogP contribution in [0.15, 0.2) is 45.3 Å². The third kappa shape index (κ3) is 4.28. The van der Waals surface area contributed by atoms with E-state index in [0.29, 0.717) is 17.7 Å². The van der Waals surface area contributed by atoms with Crippen molar-refractivity contribution in [1.82, 2.24) is 0 Å². The van der Waals surface area contributed by atoms with Gasteiger partial charge in [0.15, 0.2) is 0 Å². The highest BCUT2D eigenvalue weighted by Crippen LogP contribution is 2.28. The van der Waals surface area contributed by atoms with E-state index in [1.807, 2.05) is 18.2 Å². The third-order valence-corrected chi connectivity index (χ3v) is 5.72. The molecule has 2 aromatic carbocycles. The van der Waals surface area contributed by atoms with E-state index in [-0.39, 0.29) is 5.91 Å². The van der Waals surface area contributed by atoms with Crippen molar-refractivity contribution in [2.75, 3.05) is 5.32 Å². The minimum absolute atomic E-state index is 0.172. The molecule has 0 fully saturated rings. The Morgan fingerprint density at radius 1 is 1.24 bits per heavy atom. The lowest BCUT2D eigenvalue weighted by molar-refractivity contribution is 0.102. The van der Waals surface area contributed by atoms with Gasteiger partial charge in [-0.25, -0.2) is 0 Å². The number of rotatable bonds is 3. The molecule has 0 aliphatic rings. The Kier molecular flexibility index (Phi) is 5.79. The summed E-state index contributed by atoms with van der Waals surface area (Å²) in [7, 11) is 0. The lowest BCUT2D eigenvalue weighted by atomic mass is 10.1. The average molecular weight is 520 g/mol. The summed E-state index contributed by atoms with van der Waals surface area (Å²) in [5.41, 5.74) is 2.22. The van der Waals surface area contributed by atoms with Gasteiger partial charge in [0.1, 0.15) is 0 Å². The number of hydrogen-bond acceptors (Lipinski definition) is 2. The van der Waals surface area contributed by atoms with E-state index in [9.17, 15) is 4.79 Å². The van der Waals surface area contributed by atoms with Gasteiger partial charge in [-0.15, -0.1) is 0 Å². The Labute approximate surface area is 153 Å². The molecule has 21 heavy (non-hydrogen) atoms. The fraction of sp³-hybridized carbons (Fsp3) is 0.0667. The molecule has 0 radical (unpaired) electrons. The Bertz CT molecular complexity index is 724. The van der Waals surface area contributed by atoms with Crippen LogP contribution < -0.4 is 5.32 Å². The van der Waals surface area contributed by atoms with E-state index in [1.54, 1.807) is 18.2 Å². The first-order chi connectivity index (χ1) is 10.0. The highest BCUT2D eigenvalue weighted by atomic mass is 127. The van der Waals surface area contributed by atoms with E-state index < -0.39 is 0 Å². The number of benzene rings is 2. The maximum atomic E-state index is 12.3. The fourth-order valence-corrected chi connectivity index (χ4v) is 3.50. The standard InChI is InChI=1S/C15H9Br2IN2O/c16-10-7-12(14(18)13(17)8-10)15(21)20-11-3-1-9(2-4-11)5-6-19/h1-4,7-8H,5H2,(H,20,21). The van der Waals surface area contributed by atoms with Crippen molar-refractivity contribution < 1.29 is 4.79 Å². The van der Waals surface area contributed by atoms with Gasteiger partial charge >= 0.3 is 0 Å². The zero-order chi connectivity index (χ0) is 15.4. The molecule has 2 rings (SSSR count). The molecule has 0 spiro atoms. The number of carbonyl (C=O) groups is 1. The van der Waals surface area contributed by atoms with Crippen LogP contribution in [0, 0.1) is 14.9 Å². The highest BCUT2D eigenvalue weighted by Gasteiger charge is 2.13. The van der Waals surface area contributed by atoms with Gasteiger partial charge in [-0.1, -0.05) is 28.1 Å². The molecule has 0 saturated heterocycles. The van der Waals surface area contributed by atoms with Crippen molar-refractivity contribution in [3.8, 4) is 6.07 Å². The van der Waals surface area contributed by atoms with Crippen LogP contribution >= 0.6 is 54.5 Å². The predicted octanol–water partition coefficient (Wildman–Crippen LogP) is 5.13. The van der Waals surface area contributed by atoms with Crippen molar-refractivity contribution in [2.45, 2.75) is 6.42 Å². The van der Waals surface area contributed by atoms with E-state index >= 15 is 0 Å². The Morgan fingerprint density at radius 2 is 1.90 bits per heavy atom. The molecule has 106 valence electrons. The summed E-state index contributed by atoms with van der Waals surface area (Å²) in [6, 6.07) is 13.0. The van der Waals surface area contributed by atoms with Crippen LogP contribution in [-0.2, 0) is 6.42 Å². The summed E-state index contributed by atoms with van der Waals surface area (Å²) in [4.78, 5) is 12.3. The van der Waals surface area contributed by atoms with E-state index in [1.165, 1.54) is 0 Å². The summed E-state index contributed by atoms with van der Waals surface area (Å²) in [6.45, 7) is 0. The topological polar surface area (TPSA) is 52.9 Å². The van der Waals surface area contributed by atoms with Gasteiger partial charge in [-0.3, -0.25) is 4.79 Å². The molecule has 0 unspecified atom stereocenters. The first-order valence-corrected chi connectivity index (χ1v) is 8.59. The second-order valence-electron chi connectivity index (χ2n) is 4.24. The summed E-state index contributed by atoms with van der Waals surface area (Å²) in [6.07, 6.45) is 0.366. The van der Waals surface area contributed by atoms with Gasteiger partial charge in [0.25, 0.3) is 5.91 Å². The normalized spacial score (nSPS) is 10.0. The first-order valence-electron chi connectivity index (χ1n) is 5.93. The van der Waals surface area contributed by atoms with Crippen LogP contribution in [0.1, 0.15) is 15.9 Å². The van der Waals surface area contributed by atoms with Gasteiger partial charge in [0, 0.05) is 18.2 Å². The number of anilines is 1. The van der Waals surface area contributed by atoms with Crippen molar-refractivity contribution in [3.63, 3.8) is 0 Å². The lowest BCUT2D eigenvalue weighted by Gasteiger charge is -2.09. The van der Waals surface area contributed by atoms with Gasteiger partial charge in [0.2, 0.25) is 0 Å². The van der Waals surface area contributed by atoms with Gasteiger partial charge in [0.05, 0.1) is 18.1 Å². The Morgan fingerprint density at radius 3 is 2.52 bits per heavy atom. The van der Waals surface area contributed by atoms with Crippen LogP contribution in [0.25, 0.3) is 0 Å². The van der Waals surface area contributed by atoms with Crippen LogP contribution in [0.2, 0.25) is 0 Å². The first kappa shape index (κ1) is 16.5. The average Bonchev–Trinajstić information content (AvgIpc) is 2.45. The van der Waals surface area contributed by atoms with Gasteiger partial charge in [-0.2, -0.15) is 5.26 Å². The number of halogens is 3. The molecule has 1 N–H and O–H groups in total. The van der Waals surface area contributed by atoms with Crippen LogP contribution in [0.3, 0.4) is 0 Å². The molecular formula is C15H9Br2IN2O. The predicted molar refractivity (Wildman–Crippen MR) is 98.3 cm³/mol. The van der Waals surface area contributed by atoms with Crippen molar-refractivity contribution in [2.24, 2.45) is 0 Å².